The monoisotopic (exact) mass is 290 g/mol. The Bertz CT molecular complexity index is 575. The van der Waals surface area contributed by atoms with E-state index >= 15 is 0 Å². The van der Waals surface area contributed by atoms with Crippen LogP contribution >= 0.6 is 0 Å². The number of hydrogen-bond acceptors (Lipinski definition) is 6. The van der Waals surface area contributed by atoms with Crippen LogP contribution in [0.15, 0.2) is 42.0 Å². The molecule has 0 aliphatic carbocycles. The van der Waals surface area contributed by atoms with Gasteiger partial charge >= 0.3 is 17.9 Å². The Morgan fingerprint density at radius 2 is 2.00 bits per heavy atom. The second-order valence-corrected chi connectivity index (χ2v) is 4.42. The van der Waals surface area contributed by atoms with Crippen molar-refractivity contribution in [2.75, 3.05) is 0 Å². The third kappa shape index (κ3) is 4.45. The molecule has 1 aliphatic rings. The van der Waals surface area contributed by atoms with E-state index in [1.807, 2.05) is 0 Å². The molecule has 0 spiro atoms. The molecule has 1 aliphatic heterocycles. The summed E-state index contributed by atoms with van der Waals surface area (Å²) >= 11 is 0. The average Bonchev–Trinajstić information content (AvgIpc) is 2.85. The first-order valence-electron chi connectivity index (χ1n) is 6.40. The van der Waals surface area contributed by atoms with E-state index in [9.17, 15) is 14.4 Å². The molecule has 1 aromatic carbocycles. The molecule has 1 atom stereocenters. The normalized spacial score (nSPS) is 18.0. The van der Waals surface area contributed by atoms with Crippen LogP contribution in [0.25, 0.3) is 0 Å². The van der Waals surface area contributed by atoms with E-state index in [2.05, 4.69) is 0 Å². The van der Waals surface area contributed by atoms with E-state index in [0.29, 0.717) is 12.2 Å². The van der Waals surface area contributed by atoms with Gasteiger partial charge in [-0.05, 0) is 19.1 Å². The van der Waals surface area contributed by atoms with Gasteiger partial charge in [-0.2, -0.15) is 0 Å². The van der Waals surface area contributed by atoms with Gasteiger partial charge in [0.25, 0.3) is 0 Å². The molecular formula is C15H14O6. The van der Waals surface area contributed by atoms with E-state index in [4.69, 9.17) is 14.2 Å². The van der Waals surface area contributed by atoms with Gasteiger partial charge < -0.3 is 14.2 Å². The van der Waals surface area contributed by atoms with Crippen LogP contribution in [0.5, 0.6) is 5.75 Å². The number of para-hydroxylation sites is 1. The largest absolute Gasteiger partial charge is 0.425 e. The fourth-order valence-electron chi connectivity index (χ4n) is 1.67. The summed E-state index contributed by atoms with van der Waals surface area (Å²) in [5.41, 5.74) is 0.0684. The minimum absolute atomic E-state index is 0.0684. The van der Waals surface area contributed by atoms with Crippen molar-refractivity contribution in [2.24, 2.45) is 0 Å². The lowest BCUT2D eigenvalue weighted by Gasteiger charge is -2.10. The second-order valence-electron chi connectivity index (χ2n) is 4.42. The summed E-state index contributed by atoms with van der Waals surface area (Å²) in [6.07, 6.45) is 0.702. The molecule has 1 fully saturated rings. The van der Waals surface area contributed by atoms with Crippen LogP contribution in [0.3, 0.4) is 0 Å². The highest BCUT2D eigenvalue weighted by Crippen LogP contribution is 2.16. The molecule has 0 radical (unpaired) electrons. The van der Waals surface area contributed by atoms with Gasteiger partial charge in [-0.15, -0.1) is 0 Å². The lowest BCUT2D eigenvalue weighted by Crippen LogP contribution is -2.19. The Kier molecular flexibility index (Phi) is 4.71. The number of carbonyl (C=O) groups is 3. The standard InChI is InChI=1S/C15H14O6/c1-10(15(18)21-14-8-7-12(16)20-14)9-13(17)19-11-5-3-2-4-6-11/h2-6,9,14H,7-8H2,1H3. The van der Waals surface area contributed by atoms with Crippen LogP contribution in [0.1, 0.15) is 19.8 Å². The summed E-state index contributed by atoms with van der Waals surface area (Å²) in [4.78, 5) is 34.2. The zero-order chi connectivity index (χ0) is 15.2. The zero-order valence-electron chi connectivity index (χ0n) is 11.4. The summed E-state index contributed by atoms with van der Waals surface area (Å²) in [5.74, 6) is -1.43. The van der Waals surface area contributed by atoms with E-state index in [0.717, 1.165) is 6.08 Å². The maximum atomic E-state index is 11.7. The fraction of sp³-hybridized carbons (Fsp3) is 0.267. The van der Waals surface area contributed by atoms with Gasteiger partial charge in [-0.25, -0.2) is 9.59 Å². The van der Waals surface area contributed by atoms with Crippen LogP contribution < -0.4 is 4.74 Å². The summed E-state index contributed by atoms with van der Waals surface area (Å²) in [5, 5.41) is 0. The van der Waals surface area contributed by atoms with E-state index in [-0.39, 0.29) is 12.0 Å². The van der Waals surface area contributed by atoms with Crippen LogP contribution in [-0.2, 0) is 23.9 Å². The number of cyclic esters (lactones) is 1. The Hall–Kier alpha value is -2.63. The zero-order valence-corrected chi connectivity index (χ0v) is 11.4. The second kappa shape index (κ2) is 6.69. The molecule has 1 aromatic rings. The van der Waals surface area contributed by atoms with Gasteiger partial charge in [0.05, 0.1) is 6.42 Å². The Morgan fingerprint density at radius 1 is 1.29 bits per heavy atom. The maximum Gasteiger partial charge on any atom is 0.337 e. The third-order valence-corrected chi connectivity index (χ3v) is 2.70. The summed E-state index contributed by atoms with van der Waals surface area (Å²) in [6.45, 7) is 1.42. The predicted molar refractivity (Wildman–Crippen MR) is 71.0 cm³/mol. The SMILES string of the molecule is CC(=CC(=O)Oc1ccccc1)C(=O)OC1CCC(=O)O1. The minimum Gasteiger partial charge on any atom is -0.425 e. The molecule has 1 unspecified atom stereocenters. The quantitative estimate of drug-likeness (QED) is 0.477. The smallest absolute Gasteiger partial charge is 0.337 e. The molecule has 6 heteroatoms. The molecule has 0 N–H and O–H groups in total. The lowest BCUT2D eigenvalue weighted by molar-refractivity contribution is -0.173. The lowest BCUT2D eigenvalue weighted by atomic mass is 10.3. The van der Waals surface area contributed by atoms with E-state index < -0.39 is 24.2 Å². The molecule has 0 bridgehead atoms. The summed E-state index contributed by atoms with van der Waals surface area (Å²) in [6, 6.07) is 8.48. The first-order valence-corrected chi connectivity index (χ1v) is 6.40. The molecule has 0 saturated carbocycles. The Balaban J connectivity index is 1.88. The fourth-order valence-corrected chi connectivity index (χ4v) is 1.67. The molecule has 6 nitrogen and oxygen atoms in total. The molecule has 110 valence electrons. The van der Waals surface area contributed by atoms with Gasteiger partial charge in [0.2, 0.25) is 6.29 Å². The van der Waals surface area contributed by atoms with Crippen LogP contribution in [-0.4, -0.2) is 24.2 Å². The third-order valence-electron chi connectivity index (χ3n) is 2.70. The van der Waals surface area contributed by atoms with Gasteiger partial charge in [0.15, 0.2) is 0 Å². The topological polar surface area (TPSA) is 78.9 Å². The Labute approximate surface area is 121 Å². The van der Waals surface area contributed by atoms with Gasteiger partial charge in [0, 0.05) is 18.1 Å². The van der Waals surface area contributed by atoms with Crippen molar-refractivity contribution in [3.05, 3.63) is 42.0 Å². The number of carbonyl (C=O) groups excluding carboxylic acids is 3. The van der Waals surface area contributed by atoms with Crippen molar-refractivity contribution in [1.29, 1.82) is 0 Å². The summed E-state index contributed by atoms with van der Waals surface area (Å²) in [7, 11) is 0. The van der Waals surface area contributed by atoms with Crippen molar-refractivity contribution in [2.45, 2.75) is 26.1 Å². The predicted octanol–water partition coefficient (Wildman–Crippen LogP) is 1.74. The number of benzene rings is 1. The maximum absolute atomic E-state index is 11.7. The molecule has 1 saturated heterocycles. The van der Waals surface area contributed by atoms with Gasteiger partial charge in [-0.3, -0.25) is 4.79 Å². The number of rotatable bonds is 4. The molecule has 0 amide bonds. The van der Waals surface area contributed by atoms with Crippen LogP contribution in [0.4, 0.5) is 0 Å². The molecule has 1 heterocycles. The first-order chi connectivity index (χ1) is 10.0. The van der Waals surface area contributed by atoms with Gasteiger partial charge in [-0.1, -0.05) is 18.2 Å². The molecule has 0 aromatic heterocycles. The molecule has 2 rings (SSSR count). The minimum atomic E-state index is -0.876. The van der Waals surface area contributed by atoms with Gasteiger partial charge in [0.1, 0.15) is 5.75 Å². The first kappa shape index (κ1) is 14.8. The summed E-state index contributed by atoms with van der Waals surface area (Å²) < 4.78 is 14.7. The Morgan fingerprint density at radius 3 is 2.62 bits per heavy atom. The van der Waals surface area contributed by atoms with Crippen LogP contribution in [0, 0.1) is 0 Å². The van der Waals surface area contributed by atoms with Crippen molar-refractivity contribution in [3.8, 4) is 5.75 Å². The average molecular weight is 290 g/mol. The number of hydrogen-bond donors (Lipinski definition) is 0. The molecular weight excluding hydrogens is 276 g/mol. The van der Waals surface area contributed by atoms with Crippen molar-refractivity contribution < 1.29 is 28.6 Å². The van der Waals surface area contributed by atoms with Crippen molar-refractivity contribution in [3.63, 3.8) is 0 Å². The number of esters is 3. The van der Waals surface area contributed by atoms with E-state index in [1.165, 1.54) is 6.92 Å². The highest BCUT2D eigenvalue weighted by molar-refractivity contribution is 5.96. The number of ether oxygens (including phenoxy) is 3. The highest BCUT2D eigenvalue weighted by Gasteiger charge is 2.27. The van der Waals surface area contributed by atoms with E-state index in [1.54, 1.807) is 30.3 Å². The van der Waals surface area contributed by atoms with Crippen molar-refractivity contribution in [1.82, 2.24) is 0 Å². The highest BCUT2D eigenvalue weighted by atomic mass is 16.7. The van der Waals surface area contributed by atoms with Crippen molar-refractivity contribution >= 4 is 17.9 Å². The van der Waals surface area contributed by atoms with Crippen LogP contribution in [0.2, 0.25) is 0 Å². The molecule has 21 heavy (non-hydrogen) atoms.